The number of benzene rings is 1. The number of rotatable bonds is 4. The molecule has 1 aromatic carbocycles. The zero-order valence-electron chi connectivity index (χ0n) is 30.7. The molecule has 0 unspecified atom stereocenters. The molecular weight excluding hydrogens is 624 g/mol. The third-order valence-corrected chi connectivity index (χ3v) is 14.5. The predicted octanol–water partition coefficient (Wildman–Crippen LogP) is 8.19. The Morgan fingerprint density at radius 3 is 2.32 bits per heavy atom. The molecule has 4 fully saturated rings. The molecular formula is C43H52N2O5. The van der Waals surface area contributed by atoms with Gasteiger partial charge in [-0.25, -0.2) is 4.79 Å². The lowest BCUT2D eigenvalue weighted by Gasteiger charge is -2.70. The highest BCUT2D eigenvalue weighted by atomic mass is 16.6. The number of hydrogen-bond donors (Lipinski definition) is 0. The van der Waals surface area contributed by atoms with Crippen molar-refractivity contribution in [2.24, 2.45) is 33.0 Å². The number of carbonyl (C=O) groups excluding carboxylic acids is 3. The van der Waals surface area contributed by atoms with Gasteiger partial charge >= 0.3 is 12.1 Å². The number of piperazine rings is 1. The van der Waals surface area contributed by atoms with Crippen LogP contribution in [-0.2, 0) is 19.1 Å². The van der Waals surface area contributed by atoms with E-state index in [9.17, 15) is 14.4 Å². The van der Waals surface area contributed by atoms with Crippen LogP contribution in [0.1, 0.15) is 86.5 Å². The Morgan fingerprint density at radius 2 is 1.62 bits per heavy atom. The molecule has 50 heavy (non-hydrogen) atoms. The Bertz CT molecular complexity index is 1790. The second-order valence-electron chi connectivity index (χ2n) is 17.0. The quantitative estimate of drug-likeness (QED) is 0.237. The summed E-state index contributed by atoms with van der Waals surface area (Å²) in [6, 6.07) is 10.2. The molecule has 0 N–H and O–H groups in total. The number of carbonyl (C=O) groups is 3. The van der Waals surface area contributed by atoms with E-state index in [-0.39, 0.29) is 45.8 Å². The van der Waals surface area contributed by atoms with E-state index >= 15 is 0 Å². The van der Waals surface area contributed by atoms with Crippen LogP contribution >= 0.6 is 0 Å². The number of allylic oxidation sites excluding steroid dienone is 7. The molecule has 7 rings (SSSR count). The van der Waals surface area contributed by atoms with Gasteiger partial charge in [0.15, 0.2) is 12.4 Å². The molecule has 0 radical (unpaired) electrons. The van der Waals surface area contributed by atoms with Gasteiger partial charge in [-0.3, -0.25) is 9.59 Å². The minimum Gasteiger partial charge on any atom is -0.452 e. The van der Waals surface area contributed by atoms with Gasteiger partial charge < -0.3 is 19.3 Å². The number of fused-ring (bicyclic) bond motifs is 7. The van der Waals surface area contributed by atoms with E-state index in [0.29, 0.717) is 32.1 Å². The zero-order valence-corrected chi connectivity index (χ0v) is 30.7. The van der Waals surface area contributed by atoms with Crippen LogP contribution in [0.5, 0.6) is 0 Å². The van der Waals surface area contributed by atoms with Gasteiger partial charge in [-0.05, 0) is 110 Å². The minimum absolute atomic E-state index is 0.0135. The summed E-state index contributed by atoms with van der Waals surface area (Å²) in [4.78, 5) is 44.5. The van der Waals surface area contributed by atoms with E-state index < -0.39 is 11.5 Å². The highest BCUT2D eigenvalue weighted by molar-refractivity contribution is 6.08. The van der Waals surface area contributed by atoms with Crippen molar-refractivity contribution in [3.05, 3.63) is 76.6 Å². The third-order valence-electron chi connectivity index (χ3n) is 14.5. The van der Waals surface area contributed by atoms with Gasteiger partial charge in [0.05, 0.1) is 5.41 Å². The summed E-state index contributed by atoms with van der Waals surface area (Å²) >= 11 is 0. The van der Waals surface area contributed by atoms with Crippen LogP contribution in [0.3, 0.4) is 0 Å². The number of nitrogens with zero attached hydrogens (tertiary/aromatic N) is 2. The Balaban J connectivity index is 1.14. The lowest BCUT2D eigenvalue weighted by Crippen LogP contribution is -2.62. The average Bonchev–Trinajstić information content (AvgIpc) is 3.11. The summed E-state index contributed by atoms with van der Waals surface area (Å²) in [5.74, 6) is 2.52. The van der Waals surface area contributed by atoms with Crippen molar-refractivity contribution in [1.82, 2.24) is 4.90 Å². The molecule has 7 heteroatoms. The van der Waals surface area contributed by atoms with E-state index in [1.165, 1.54) is 5.57 Å². The molecule has 264 valence electrons. The molecule has 1 saturated heterocycles. The summed E-state index contributed by atoms with van der Waals surface area (Å²) in [7, 11) is 0. The van der Waals surface area contributed by atoms with E-state index in [1.54, 1.807) is 11.0 Å². The Kier molecular flexibility index (Phi) is 8.28. The molecule has 1 aromatic rings. The fraction of sp³-hybridized carbons (Fsp3) is 0.558. The van der Waals surface area contributed by atoms with Gasteiger partial charge in [-0.1, -0.05) is 69.5 Å². The van der Waals surface area contributed by atoms with Gasteiger partial charge in [-0.2, -0.15) is 0 Å². The van der Waals surface area contributed by atoms with Crippen molar-refractivity contribution in [2.75, 3.05) is 37.7 Å². The van der Waals surface area contributed by atoms with Gasteiger partial charge in [0, 0.05) is 42.9 Å². The van der Waals surface area contributed by atoms with E-state index in [4.69, 9.17) is 15.9 Å². The summed E-state index contributed by atoms with van der Waals surface area (Å²) in [5.41, 5.74) is 4.38. The Labute approximate surface area is 297 Å². The molecule has 1 heterocycles. The van der Waals surface area contributed by atoms with Crippen LogP contribution in [-0.4, -0.2) is 55.5 Å². The first-order valence-corrected chi connectivity index (χ1v) is 18.5. The maximum atomic E-state index is 13.9. The lowest BCUT2D eigenvalue weighted by atomic mass is 9.34. The standard InChI is InChI=1S/C43H52N2O5/c1-8-26-49-37(47)40(4)17-16-39(3)18-20-42(6)34-15-14-31-29(2)36(33(46)27-32(31)41(34,5)19-21-43(42,7)35(39)28-40)50-38(48)45-24-22-44(23-25-45)30-12-10-9-11-13-30/h1,9-15,27,35H,16-26,28H2,2-7H3/t35-,39-,40-,41+,42-,43+/m1/s1. The van der Waals surface area contributed by atoms with Crippen LogP contribution in [0.2, 0.25) is 0 Å². The maximum absolute atomic E-state index is 13.9. The van der Waals surface area contributed by atoms with E-state index in [2.05, 4.69) is 69.7 Å². The van der Waals surface area contributed by atoms with Crippen molar-refractivity contribution in [3.63, 3.8) is 0 Å². The largest absolute Gasteiger partial charge is 0.452 e. The molecule has 0 bridgehead atoms. The Morgan fingerprint density at radius 1 is 0.920 bits per heavy atom. The molecule has 3 saturated carbocycles. The number of esters is 1. The highest BCUT2D eigenvalue weighted by Gasteiger charge is 2.67. The number of para-hydroxylation sites is 1. The SMILES string of the molecule is C#CCOC(=O)[C@]1(C)CC[C@]2(C)CC[C@]3(C)C4=CC=C5C(=CC(=O)C(OC(=O)N6CCN(c7ccccc7)CC6)=C5C)[C@]4(C)CC[C@@]3(C)[C@@H]2C1. The number of anilines is 1. The average molecular weight is 677 g/mol. The summed E-state index contributed by atoms with van der Waals surface area (Å²) in [6.45, 7) is 16.1. The smallest absolute Gasteiger partial charge is 0.415 e. The number of hydrogen-bond acceptors (Lipinski definition) is 6. The molecule has 5 aliphatic carbocycles. The number of ketones is 1. The number of ether oxygens (including phenoxy) is 2. The fourth-order valence-corrected chi connectivity index (χ4v) is 11.0. The highest BCUT2D eigenvalue weighted by Crippen LogP contribution is 2.75. The predicted molar refractivity (Wildman–Crippen MR) is 195 cm³/mol. The van der Waals surface area contributed by atoms with Crippen molar-refractivity contribution in [1.29, 1.82) is 0 Å². The van der Waals surface area contributed by atoms with Crippen LogP contribution in [0, 0.1) is 45.3 Å². The molecule has 1 aliphatic heterocycles. The molecule has 7 nitrogen and oxygen atoms in total. The van der Waals surface area contributed by atoms with Crippen LogP contribution in [0.4, 0.5) is 10.5 Å². The second kappa shape index (κ2) is 12.0. The van der Waals surface area contributed by atoms with Gasteiger partial charge in [-0.15, -0.1) is 6.42 Å². The van der Waals surface area contributed by atoms with Crippen molar-refractivity contribution < 1.29 is 23.9 Å². The monoisotopic (exact) mass is 676 g/mol. The number of amides is 1. The fourth-order valence-electron chi connectivity index (χ4n) is 11.0. The molecule has 1 amide bonds. The minimum atomic E-state index is -0.555. The second-order valence-corrected chi connectivity index (χ2v) is 17.0. The van der Waals surface area contributed by atoms with Crippen LogP contribution in [0.15, 0.2) is 76.6 Å². The van der Waals surface area contributed by atoms with Crippen molar-refractivity contribution >= 4 is 23.5 Å². The first-order chi connectivity index (χ1) is 23.7. The topological polar surface area (TPSA) is 76.2 Å². The van der Waals surface area contributed by atoms with Crippen LogP contribution in [0.25, 0.3) is 0 Å². The van der Waals surface area contributed by atoms with E-state index in [0.717, 1.165) is 67.4 Å². The van der Waals surface area contributed by atoms with E-state index in [1.807, 2.05) is 25.1 Å². The van der Waals surface area contributed by atoms with Crippen molar-refractivity contribution in [3.8, 4) is 12.3 Å². The normalized spacial score (nSPS) is 36.4. The van der Waals surface area contributed by atoms with Crippen molar-refractivity contribution in [2.45, 2.75) is 86.5 Å². The maximum Gasteiger partial charge on any atom is 0.415 e. The molecule has 6 atom stereocenters. The Hall–Kier alpha value is -4.05. The third kappa shape index (κ3) is 5.11. The zero-order chi connectivity index (χ0) is 35.7. The first-order valence-electron chi connectivity index (χ1n) is 18.5. The summed E-state index contributed by atoms with van der Waals surface area (Å²) in [5, 5.41) is 0. The molecule has 6 aliphatic rings. The number of terminal acetylenes is 1. The summed E-state index contributed by atoms with van der Waals surface area (Å²) in [6.07, 6.45) is 17.9. The van der Waals surface area contributed by atoms with Gasteiger partial charge in [0.1, 0.15) is 0 Å². The van der Waals surface area contributed by atoms with Gasteiger partial charge in [0.2, 0.25) is 5.78 Å². The molecule has 0 spiro atoms. The summed E-state index contributed by atoms with van der Waals surface area (Å²) < 4.78 is 11.4. The van der Waals surface area contributed by atoms with Gasteiger partial charge in [0.25, 0.3) is 0 Å². The first kappa shape index (κ1) is 34.4. The molecule has 0 aromatic heterocycles. The van der Waals surface area contributed by atoms with Crippen LogP contribution < -0.4 is 4.90 Å². The lowest BCUT2D eigenvalue weighted by molar-refractivity contribution is -0.181.